The molecule has 43 heavy (non-hydrogen) atoms. The average Bonchev–Trinajstić information content (AvgIpc) is 2.99. The van der Waals surface area contributed by atoms with Crippen LogP contribution in [0.2, 0.25) is 0 Å². The minimum Gasteiger partial charge on any atom is -0.507 e. The molecule has 16 nitrogen and oxygen atoms in total. The molecule has 0 radical (unpaired) electrons. The summed E-state index contributed by atoms with van der Waals surface area (Å²) in [5.74, 6) is -1.91. The van der Waals surface area contributed by atoms with E-state index >= 15 is 0 Å². The van der Waals surface area contributed by atoms with Gasteiger partial charge in [-0.3, -0.25) is 4.79 Å². The Morgan fingerprint density at radius 1 is 0.674 bits per heavy atom. The van der Waals surface area contributed by atoms with Crippen molar-refractivity contribution in [2.24, 2.45) is 0 Å². The van der Waals surface area contributed by atoms with Crippen molar-refractivity contribution < 1.29 is 74.4 Å². The number of fused-ring (bicyclic) bond motifs is 1. The molecule has 5 rings (SSSR count). The van der Waals surface area contributed by atoms with Crippen molar-refractivity contribution in [3.63, 3.8) is 0 Å². The summed E-state index contributed by atoms with van der Waals surface area (Å²) in [4.78, 5) is 12.9. The highest BCUT2D eigenvalue weighted by Gasteiger charge is 2.46. The lowest BCUT2D eigenvalue weighted by atomic mass is 9.99. The molecule has 0 aliphatic carbocycles. The first-order valence-electron chi connectivity index (χ1n) is 13.0. The molecule has 234 valence electrons. The summed E-state index contributed by atoms with van der Waals surface area (Å²) in [6, 6.07) is 7.59. The third-order valence-corrected chi connectivity index (χ3v) is 7.24. The van der Waals surface area contributed by atoms with E-state index in [-0.39, 0.29) is 28.4 Å². The number of hydrogen-bond donors (Lipinski definition) is 10. The Balaban J connectivity index is 1.41. The van der Waals surface area contributed by atoms with Gasteiger partial charge in [-0.2, -0.15) is 0 Å². The van der Waals surface area contributed by atoms with E-state index in [1.807, 2.05) is 0 Å². The lowest BCUT2D eigenvalue weighted by Gasteiger charge is -2.39. The smallest absolute Gasteiger partial charge is 0.238 e. The quantitative estimate of drug-likeness (QED) is 0.130. The number of hydrogen-bond acceptors (Lipinski definition) is 16. The summed E-state index contributed by atoms with van der Waals surface area (Å²) in [5, 5.41) is 99.7. The molecule has 0 spiro atoms. The van der Waals surface area contributed by atoms with E-state index in [9.17, 15) is 55.9 Å². The third-order valence-electron chi connectivity index (χ3n) is 7.24. The summed E-state index contributed by atoms with van der Waals surface area (Å²) >= 11 is 0. The highest BCUT2D eigenvalue weighted by Crippen LogP contribution is 2.37. The van der Waals surface area contributed by atoms with Gasteiger partial charge in [-0.1, -0.05) is 0 Å². The fourth-order valence-corrected chi connectivity index (χ4v) is 4.81. The van der Waals surface area contributed by atoms with E-state index in [2.05, 4.69) is 0 Å². The molecule has 0 bridgehead atoms. The number of phenolic OH excluding ortho intramolecular Hbond substituents is 1. The topological polar surface area (TPSA) is 269 Å². The standard InChI is InChI=1S/C27H30O16/c28-7-14-17(31)20(34)23(37)26(42-14)39-10-3-1-9(2-4-10)25-22(36)19(33)16-12(30)5-11(6-13(16)41-25)40-27-24(38)21(35)18(32)15(8-29)43-27/h1-6,14-15,17-18,20-21,23-24,26-32,34-38H,7-8H2. The first-order chi connectivity index (χ1) is 20.4. The molecule has 10 atom stereocenters. The number of aliphatic hydroxyl groups excluding tert-OH is 8. The number of rotatable bonds is 7. The zero-order valence-corrected chi connectivity index (χ0v) is 22.1. The van der Waals surface area contributed by atoms with E-state index in [0.29, 0.717) is 0 Å². The highest BCUT2D eigenvalue weighted by atomic mass is 16.7. The van der Waals surface area contributed by atoms with Gasteiger partial charge in [-0.15, -0.1) is 0 Å². The zero-order valence-electron chi connectivity index (χ0n) is 22.1. The third kappa shape index (κ3) is 5.73. The second-order valence-electron chi connectivity index (χ2n) is 10.1. The first kappa shape index (κ1) is 30.9. The molecule has 1 aromatic heterocycles. The fraction of sp³-hybridized carbons (Fsp3) is 0.444. The fourth-order valence-electron chi connectivity index (χ4n) is 4.81. The summed E-state index contributed by atoms with van der Waals surface area (Å²) in [7, 11) is 0. The number of aliphatic hydroxyl groups is 8. The molecule has 2 fully saturated rings. The van der Waals surface area contributed by atoms with Crippen molar-refractivity contribution in [3.05, 3.63) is 46.6 Å². The van der Waals surface area contributed by atoms with Gasteiger partial charge in [0.25, 0.3) is 0 Å². The maximum Gasteiger partial charge on any atom is 0.238 e. The Morgan fingerprint density at radius 2 is 1.19 bits per heavy atom. The molecule has 3 heterocycles. The van der Waals surface area contributed by atoms with Gasteiger partial charge >= 0.3 is 0 Å². The number of benzene rings is 2. The van der Waals surface area contributed by atoms with E-state index in [0.717, 1.165) is 12.1 Å². The van der Waals surface area contributed by atoms with Gasteiger partial charge < -0.3 is 74.4 Å². The number of ether oxygens (including phenoxy) is 4. The van der Waals surface area contributed by atoms with Crippen molar-refractivity contribution in [2.45, 2.75) is 61.4 Å². The summed E-state index contributed by atoms with van der Waals surface area (Å²) in [5.41, 5.74) is -1.08. The molecule has 2 saturated heterocycles. The molecule has 16 heteroatoms. The lowest BCUT2D eigenvalue weighted by molar-refractivity contribution is -0.277. The average molecular weight is 611 g/mol. The number of aromatic hydroxyl groups is 2. The predicted molar refractivity (Wildman–Crippen MR) is 140 cm³/mol. The van der Waals surface area contributed by atoms with E-state index in [1.54, 1.807) is 0 Å². The van der Waals surface area contributed by atoms with Crippen LogP contribution in [-0.2, 0) is 9.47 Å². The molecule has 2 aliphatic heterocycles. The maximum atomic E-state index is 12.9. The van der Waals surface area contributed by atoms with Crippen molar-refractivity contribution in [3.8, 4) is 34.3 Å². The Bertz CT molecular complexity index is 1490. The van der Waals surface area contributed by atoms with E-state index in [4.69, 9.17) is 23.4 Å². The van der Waals surface area contributed by atoms with Crippen LogP contribution < -0.4 is 14.9 Å². The van der Waals surface area contributed by atoms with Crippen molar-refractivity contribution in [1.29, 1.82) is 0 Å². The zero-order chi connectivity index (χ0) is 31.2. The molecule has 2 aliphatic rings. The van der Waals surface area contributed by atoms with Crippen LogP contribution in [-0.4, -0.2) is 126 Å². The van der Waals surface area contributed by atoms with Crippen LogP contribution in [0.25, 0.3) is 22.3 Å². The molecular formula is C27H30O16. The SMILES string of the molecule is O=c1c(O)c(-c2ccc(OC3OC(CO)C(O)C(O)C3O)cc2)oc2cc(OC3OC(CO)C(O)C(O)C3O)cc(O)c12. The summed E-state index contributed by atoms with van der Waals surface area (Å²) in [6.07, 6.45) is -15.4. The lowest BCUT2D eigenvalue weighted by Crippen LogP contribution is -2.60. The highest BCUT2D eigenvalue weighted by molar-refractivity contribution is 5.88. The number of phenols is 1. The summed E-state index contributed by atoms with van der Waals surface area (Å²) in [6.45, 7) is -1.34. The largest absolute Gasteiger partial charge is 0.507 e. The second-order valence-corrected chi connectivity index (χ2v) is 10.1. The van der Waals surface area contributed by atoms with Crippen LogP contribution in [0.4, 0.5) is 0 Å². The van der Waals surface area contributed by atoms with Crippen LogP contribution in [0.1, 0.15) is 0 Å². The van der Waals surface area contributed by atoms with Crippen LogP contribution in [0, 0.1) is 0 Å². The van der Waals surface area contributed by atoms with Gasteiger partial charge in [0.15, 0.2) is 5.76 Å². The van der Waals surface area contributed by atoms with Gasteiger partial charge in [-0.25, -0.2) is 0 Å². The molecule has 2 aromatic carbocycles. The minimum absolute atomic E-state index is 0.101. The van der Waals surface area contributed by atoms with Crippen LogP contribution >= 0.6 is 0 Å². The monoisotopic (exact) mass is 610 g/mol. The van der Waals surface area contributed by atoms with E-state index in [1.165, 1.54) is 24.3 Å². The van der Waals surface area contributed by atoms with E-state index < -0.39 is 96.9 Å². The van der Waals surface area contributed by atoms with Crippen LogP contribution in [0.5, 0.6) is 23.0 Å². The summed E-state index contributed by atoms with van der Waals surface area (Å²) < 4.78 is 27.4. The van der Waals surface area contributed by atoms with Crippen molar-refractivity contribution in [2.75, 3.05) is 13.2 Å². The normalized spacial score (nSPS) is 32.9. The van der Waals surface area contributed by atoms with Crippen molar-refractivity contribution in [1.82, 2.24) is 0 Å². The molecular weight excluding hydrogens is 580 g/mol. The first-order valence-corrected chi connectivity index (χ1v) is 13.0. The van der Waals surface area contributed by atoms with Crippen LogP contribution in [0.15, 0.2) is 45.6 Å². The van der Waals surface area contributed by atoms with Gasteiger partial charge in [0.1, 0.15) is 77.0 Å². The molecule has 10 unspecified atom stereocenters. The molecule has 10 N–H and O–H groups in total. The van der Waals surface area contributed by atoms with Gasteiger partial charge in [0.05, 0.1) is 13.2 Å². The molecule has 3 aromatic rings. The van der Waals surface area contributed by atoms with Crippen LogP contribution in [0.3, 0.4) is 0 Å². The van der Waals surface area contributed by atoms with Crippen molar-refractivity contribution >= 4 is 11.0 Å². The Kier molecular flexibility index (Phi) is 8.77. The van der Waals surface area contributed by atoms with Gasteiger partial charge in [0, 0.05) is 17.7 Å². The Hall–Kier alpha value is -3.55. The molecule has 0 saturated carbocycles. The second kappa shape index (κ2) is 12.2. The molecule has 0 amide bonds. The predicted octanol–water partition coefficient (Wildman–Crippen LogP) is -2.77. The Labute approximate surface area is 241 Å². The van der Waals surface area contributed by atoms with Gasteiger partial charge in [0.2, 0.25) is 23.8 Å². The van der Waals surface area contributed by atoms with Gasteiger partial charge in [-0.05, 0) is 24.3 Å². The maximum absolute atomic E-state index is 12.9. The Morgan fingerprint density at radius 3 is 1.70 bits per heavy atom. The minimum atomic E-state index is -1.75.